The average molecular weight is 404 g/mol. The van der Waals surface area contributed by atoms with Gasteiger partial charge in [0.1, 0.15) is 11.7 Å². The van der Waals surface area contributed by atoms with Crippen LogP contribution in [0.4, 0.5) is 5.69 Å². The molecule has 0 fully saturated rings. The Morgan fingerprint density at radius 2 is 1.69 bits per heavy atom. The van der Waals surface area contributed by atoms with E-state index in [2.05, 4.69) is 5.32 Å². The smallest absolute Gasteiger partial charge is 0.248 e. The van der Waals surface area contributed by atoms with Crippen LogP contribution in [0.15, 0.2) is 66.7 Å². The molecule has 4 aromatic rings. The summed E-state index contributed by atoms with van der Waals surface area (Å²) in [6.45, 7) is 5.84. The minimum Gasteiger partial charge on any atom is -0.324 e. The van der Waals surface area contributed by atoms with Gasteiger partial charge in [0, 0.05) is 21.7 Å². The first kappa shape index (κ1) is 19.2. The maximum Gasteiger partial charge on any atom is 0.248 e. The number of nitrogens with zero attached hydrogens (tertiary/aromatic N) is 2. The Morgan fingerprint density at radius 1 is 1.00 bits per heavy atom. The second kappa shape index (κ2) is 7.72. The van der Waals surface area contributed by atoms with Gasteiger partial charge in [-0.3, -0.25) is 9.48 Å². The second-order valence-electron chi connectivity index (χ2n) is 7.25. The summed E-state index contributed by atoms with van der Waals surface area (Å²) < 4.78 is 1.77. The van der Waals surface area contributed by atoms with Gasteiger partial charge in [0.2, 0.25) is 5.91 Å². The van der Waals surface area contributed by atoms with Crippen molar-refractivity contribution < 1.29 is 4.79 Å². The molecule has 3 aromatic carbocycles. The molecule has 0 aliphatic carbocycles. The first-order valence-electron chi connectivity index (χ1n) is 9.56. The summed E-state index contributed by atoms with van der Waals surface area (Å²) in [4.78, 5) is 13.1. The van der Waals surface area contributed by atoms with Gasteiger partial charge in [0.05, 0.1) is 5.52 Å². The SMILES string of the molecule is Cc1cccc(C)c1NC(=O)C(C)n1nc(-c2ccccc2)c2cc(Cl)ccc21. The molecule has 0 saturated heterocycles. The Hall–Kier alpha value is -3.11. The van der Waals surface area contributed by atoms with Crippen LogP contribution >= 0.6 is 11.6 Å². The number of rotatable bonds is 4. The Labute approximate surface area is 175 Å². The molecular formula is C24H22ClN3O. The van der Waals surface area contributed by atoms with Crippen molar-refractivity contribution in [1.29, 1.82) is 0 Å². The van der Waals surface area contributed by atoms with Crippen LogP contribution in [0.5, 0.6) is 0 Å². The van der Waals surface area contributed by atoms with Crippen molar-refractivity contribution in [2.75, 3.05) is 5.32 Å². The zero-order valence-corrected chi connectivity index (χ0v) is 17.4. The van der Waals surface area contributed by atoms with Crippen molar-refractivity contribution in [3.8, 4) is 11.3 Å². The quantitative estimate of drug-likeness (QED) is 0.442. The van der Waals surface area contributed by atoms with E-state index >= 15 is 0 Å². The molecule has 0 aliphatic heterocycles. The summed E-state index contributed by atoms with van der Waals surface area (Å²) in [5.74, 6) is -0.110. The van der Waals surface area contributed by atoms with Gasteiger partial charge in [-0.1, -0.05) is 60.1 Å². The minimum absolute atomic E-state index is 0.110. The zero-order valence-electron chi connectivity index (χ0n) is 16.6. The number of carbonyl (C=O) groups excluding carboxylic acids is 1. The monoisotopic (exact) mass is 403 g/mol. The zero-order chi connectivity index (χ0) is 20.5. The number of benzene rings is 3. The summed E-state index contributed by atoms with van der Waals surface area (Å²) in [5, 5.41) is 9.45. The summed E-state index contributed by atoms with van der Waals surface area (Å²) in [7, 11) is 0. The molecule has 0 spiro atoms. The fraction of sp³-hybridized carbons (Fsp3) is 0.167. The number of carbonyl (C=O) groups is 1. The van der Waals surface area contributed by atoms with Crippen LogP contribution < -0.4 is 5.32 Å². The Bertz CT molecular complexity index is 1180. The summed E-state index contributed by atoms with van der Waals surface area (Å²) in [6.07, 6.45) is 0. The third-order valence-corrected chi connectivity index (χ3v) is 5.43. The van der Waals surface area contributed by atoms with Crippen LogP contribution in [0.3, 0.4) is 0 Å². The number of amides is 1. The van der Waals surface area contributed by atoms with E-state index in [4.69, 9.17) is 16.7 Å². The molecule has 4 rings (SSSR count). The van der Waals surface area contributed by atoms with Gasteiger partial charge in [-0.15, -0.1) is 0 Å². The lowest BCUT2D eigenvalue weighted by atomic mass is 10.1. The van der Waals surface area contributed by atoms with Gasteiger partial charge < -0.3 is 5.32 Å². The van der Waals surface area contributed by atoms with Crippen molar-refractivity contribution in [3.05, 3.63) is 82.9 Å². The molecule has 1 amide bonds. The molecule has 29 heavy (non-hydrogen) atoms. The van der Waals surface area contributed by atoms with E-state index in [1.807, 2.05) is 87.5 Å². The van der Waals surface area contributed by atoms with Crippen LogP contribution in [-0.2, 0) is 4.79 Å². The first-order valence-corrected chi connectivity index (χ1v) is 9.94. The van der Waals surface area contributed by atoms with Crippen LogP contribution in [0.25, 0.3) is 22.2 Å². The number of aromatic nitrogens is 2. The van der Waals surface area contributed by atoms with Gasteiger partial charge in [-0.25, -0.2) is 0 Å². The van der Waals surface area contributed by atoms with Crippen molar-refractivity contribution in [3.63, 3.8) is 0 Å². The van der Waals surface area contributed by atoms with Crippen molar-refractivity contribution in [1.82, 2.24) is 9.78 Å². The number of para-hydroxylation sites is 1. The molecule has 0 radical (unpaired) electrons. The maximum absolute atomic E-state index is 13.1. The number of aryl methyl sites for hydroxylation is 2. The van der Waals surface area contributed by atoms with Crippen LogP contribution in [0.1, 0.15) is 24.1 Å². The number of nitrogens with one attached hydrogen (secondary N) is 1. The van der Waals surface area contributed by atoms with Crippen molar-refractivity contribution >= 4 is 34.1 Å². The number of hydrogen-bond donors (Lipinski definition) is 1. The summed E-state index contributed by atoms with van der Waals surface area (Å²) in [6, 6.07) is 21.1. The minimum atomic E-state index is -0.491. The number of hydrogen-bond acceptors (Lipinski definition) is 2. The van der Waals surface area contributed by atoms with E-state index in [1.54, 1.807) is 4.68 Å². The highest BCUT2D eigenvalue weighted by atomic mass is 35.5. The van der Waals surface area contributed by atoms with Gasteiger partial charge in [0.25, 0.3) is 0 Å². The highest BCUT2D eigenvalue weighted by molar-refractivity contribution is 6.31. The summed E-state index contributed by atoms with van der Waals surface area (Å²) in [5.41, 5.74) is 5.60. The molecular weight excluding hydrogens is 382 g/mol. The lowest BCUT2D eigenvalue weighted by Gasteiger charge is -2.16. The molecule has 4 nitrogen and oxygen atoms in total. The fourth-order valence-electron chi connectivity index (χ4n) is 3.57. The number of halogens is 1. The van der Waals surface area contributed by atoms with Crippen LogP contribution in [0, 0.1) is 13.8 Å². The van der Waals surface area contributed by atoms with Gasteiger partial charge in [-0.2, -0.15) is 5.10 Å². The third-order valence-electron chi connectivity index (χ3n) is 5.19. The van der Waals surface area contributed by atoms with E-state index in [0.717, 1.165) is 39.0 Å². The van der Waals surface area contributed by atoms with Crippen LogP contribution in [-0.4, -0.2) is 15.7 Å². The Morgan fingerprint density at radius 3 is 2.38 bits per heavy atom. The predicted molar refractivity (Wildman–Crippen MR) is 119 cm³/mol. The van der Waals surface area contributed by atoms with E-state index in [1.165, 1.54) is 0 Å². The highest BCUT2D eigenvalue weighted by Crippen LogP contribution is 2.32. The largest absolute Gasteiger partial charge is 0.324 e. The third kappa shape index (κ3) is 3.64. The average Bonchev–Trinajstić information content (AvgIpc) is 3.09. The van der Waals surface area contributed by atoms with Gasteiger partial charge >= 0.3 is 0 Å². The maximum atomic E-state index is 13.1. The van der Waals surface area contributed by atoms with Gasteiger partial charge in [0.15, 0.2) is 0 Å². The molecule has 0 bridgehead atoms. The lowest BCUT2D eigenvalue weighted by molar-refractivity contribution is -0.119. The molecule has 1 unspecified atom stereocenters. The van der Waals surface area contributed by atoms with E-state index in [9.17, 15) is 4.79 Å². The molecule has 1 N–H and O–H groups in total. The molecule has 0 saturated carbocycles. The second-order valence-corrected chi connectivity index (χ2v) is 7.69. The van der Waals surface area contributed by atoms with Crippen molar-refractivity contribution in [2.45, 2.75) is 26.8 Å². The predicted octanol–water partition coefficient (Wildman–Crippen LogP) is 6.17. The van der Waals surface area contributed by atoms with E-state index in [0.29, 0.717) is 5.02 Å². The van der Waals surface area contributed by atoms with Crippen molar-refractivity contribution in [2.24, 2.45) is 0 Å². The highest BCUT2D eigenvalue weighted by Gasteiger charge is 2.22. The molecule has 0 aliphatic rings. The fourth-order valence-corrected chi connectivity index (χ4v) is 3.74. The normalized spacial score (nSPS) is 12.1. The Balaban J connectivity index is 1.76. The van der Waals surface area contributed by atoms with Crippen LogP contribution in [0.2, 0.25) is 5.02 Å². The number of anilines is 1. The standard InChI is InChI=1S/C24H22ClN3O/c1-15-8-7-9-16(2)22(15)26-24(29)17(3)28-21-13-12-19(25)14-20(21)23(27-28)18-10-5-4-6-11-18/h4-14,17H,1-3H3,(H,26,29). The number of fused-ring (bicyclic) bond motifs is 1. The Kier molecular flexibility index (Phi) is 5.12. The molecule has 1 atom stereocenters. The summed E-state index contributed by atoms with van der Waals surface area (Å²) >= 11 is 6.26. The molecule has 1 heterocycles. The molecule has 5 heteroatoms. The molecule has 1 aromatic heterocycles. The first-order chi connectivity index (χ1) is 14.0. The van der Waals surface area contributed by atoms with E-state index in [-0.39, 0.29) is 5.91 Å². The van der Waals surface area contributed by atoms with Gasteiger partial charge in [-0.05, 0) is 50.1 Å². The van der Waals surface area contributed by atoms with E-state index < -0.39 is 6.04 Å². The molecule has 146 valence electrons. The lowest BCUT2D eigenvalue weighted by Crippen LogP contribution is -2.25. The topological polar surface area (TPSA) is 46.9 Å².